The summed E-state index contributed by atoms with van der Waals surface area (Å²) >= 11 is 0. The van der Waals surface area contributed by atoms with Crippen LogP contribution in [-0.4, -0.2) is 34.7 Å². The number of H-pyrrole nitrogens is 1. The lowest BCUT2D eigenvalue weighted by molar-refractivity contribution is 0.436. The molecule has 0 saturated heterocycles. The van der Waals surface area contributed by atoms with Gasteiger partial charge in [-0.1, -0.05) is 6.92 Å². The summed E-state index contributed by atoms with van der Waals surface area (Å²) in [6.07, 6.45) is 3.10. The Labute approximate surface area is 141 Å². The predicted octanol–water partition coefficient (Wildman–Crippen LogP) is 1.99. The van der Waals surface area contributed by atoms with Crippen molar-refractivity contribution in [2.24, 2.45) is 5.92 Å². The van der Waals surface area contributed by atoms with E-state index in [0.717, 1.165) is 11.4 Å². The fourth-order valence-electron chi connectivity index (χ4n) is 2.70. The maximum absolute atomic E-state index is 12.6. The number of nitrogens with one attached hydrogen (secondary N) is 2. The summed E-state index contributed by atoms with van der Waals surface area (Å²) < 4.78 is 29.7. The third-order valence-corrected chi connectivity index (χ3v) is 5.38. The molecule has 0 saturated carbocycles. The Hall–Kier alpha value is -2.19. The summed E-state index contributed by atoms with van der Waals surface area (Å²) in [5.74, 6) is 0.112. The van der Waals surface area contributed by atoms with Crippen molar-refractivity contribution >= 4 is 21.1 Å². The quantitative estimate of drug-likeness (QED) is 0.713. The molecule has 7 nitrogen and oxygen atoms in total. The van der Waals surface area contributed by atoms with Gasteiger partial charge in [0.15, 0.2) is 0 Å². The Bertz CT molecular complexity index is 958. The highest BCUT2D eigenvalue weighted by molar-refractivity contribution is 7.89. The van der Waals surface area contributed by atoms with Gasteiger partial charge in [-0.15, -0.1) is 0 Å². The second-order valence-corrected chi connectivity index (χ2v) is 7.85. The van der Waals surface area contributed by atoms with Gasteiger partial charge in [0.2, 0.25) is 10.0 Å². The molecule has 128 valence electrons. The van der Waals surface area contributed by atoms with Crippen molar-refractivity contribution in [1.82, 2.24) is 24.5 Å². The van der Waals surface area contributed by atoms with Crippen molar-refractivity contribution in [1.29, 1.82) is 0 Å². The molecule has 0 aliphatic carbocycles. The van der Waals surface area contributed by atoms with Crippen LogP contribution >= 0.6 is 0 Å². The summed E-state index contributed by atoms with van der Waals surface area (Å²) in [6, 6.07) is 5.48. The number of sulfonamides is 1. The minimum Gasteiger partial charge on any atom is -0.345 e. The molecule has 0 unspecified atom stereocenters. The Morgan fingerprint density at radius 3 is 2.88 bits per heavy atom. The number of aromatic amines is 1. The smallest absolute Gasteiger partial charge is 0.242 e. The van der Waals surface area contributed by atoms with E-state index in [1.54, 1.807) is 18.3 Å². The number of aryl methyl sites for hydroxylation is 2. The fraction of sp³-hybridized carbons (Fsp3) is 0.375. The number of pyridine rings is 1. The van der Waals surface area contributed by atoms with Crippen LogP contribution in [0.3, 0.4) is 0 Å². The maximum Gasteiger partial charge on any atom is 0.242 e. The molecule has 3 aromatic heterocycles. The molecule has 0 spiro atoms. The van der Waals surface area contributed by atoms with E-state index in [4.69, 9.17) is 0 Å². The number of nitrogens with zero attached hydrogens (tertiary/aromatic N) is 3. The molecule has 3 aromatic rings. The molecule has 0 aliphatic heterocycles. The zero-order valence-corrected chi connectivity index (χ0v) is 14.8. The first-order chi connectivity index (χ1) is 11.4. The van der Waals surface area contributed by atoms with Gasteiger partial charge in [-0.2, -0.15) is 5.10 Å². The van der Waals surface area contributed by atoms with Crippen molar-refractivity contribution in [3.63, 3.8) is 0 Å². The van der Waals surface area contributed by atoms with Crippen LogP contribution in [0, 0.1) is 19.8 Å². The number of rotatable bonds is 6. The first-order valence-electron chi connectivity index (χ1n) is 7.79. The van der Waals surface area contributed by atoms with Gasteiger partial charge in [0.25, 0.3) is 0 Å². The number of aromatic nitrogens is 4. The van der Waals surface area contributed by atoms with Gasteiger partial charge < -0.3 is 4.98 Å². The highest BCUT2D eigenvalue weighted by Crippen LogP contribution is 2.20. The molecule has 1 atom stereocenters. The third-order valence-electron chi connectivity index (χ3n) is 3.91. The van der Waals surface area contributed by atoms with Gasteiger partial charge in [-0.3, -0.25) is 4.68 Å². The van der Waals surface area contributed by atoms with Crippen LogP contribution in [0.1, 0.15) is 18.3 Å². The molecular formula is C16H21N5O2S. The Kier molecular flexibility index (Phi) is 4.42. The average molecular weight is 347 g/mol. The second kappa shape index (κ2) is 6.37. The molecule has 0 aliphatic rings. The fourth-order valence-corrected chi connectivity index (χ4v) is 4.03. The molecule has 24 heavy (non-hydrogen) atoms. The monoisotopic (exact) mass is 347 g/mol. The predicted molar refractivity (Wildman–Crippen MR) is 92.1 cm³/mol. The van der Waals surface area contributed by atoms with Crippen molar-refractivity contribution in [3.8, 4) is 0 Å². The van der Waals surface area contributed by atoms with Crippen molar-refractivity contribution in [3.05, 3.63) is 42.0 Å². The van der Waals surface area contributed by atoms with E-state index in [1.807, 2.05) is 31.5 Å². The summed E-state index contributed by atoms with van der Waals surface area (Å²) in [7, 11) is -3.59. The largest absolute Gasteiger partial charge is 0.345 e. The normalized spacial score (nSPS) is 13.5. The van der Waals surface area contributed by atoms with Crippen LogP contribution in [0.5, 0.6) is 0 Å². The highest BCUT2D eigenvalue weighted by Gasteiger charge is 2.20. The molecule has 0 aromatic carbocycles. The van der Waals surface area contributed by atoms with Crippen LogP contribution in [-0.2, 0) is 16.6 Å². The zero-order valence-electron chi connectivity index (χ0n) is 13.9. The van der Waals surface area contributed by atoms with Gasteiger partial charge >= 0.3 is 0 Å². The molecule has 8 heteroatoms. The lowest BCUT2D eigenvalue weighted by Gasteiger charge is -2.14. The van der Waals surface area contributed by atoms with Crippen LogP contribution in [0.2, 0.25) is 0 Å². The first kappa shape index (κ1) is 16.7. The van der Waals surface area contributed by atoms with Crippen LogP contribution in [0.15, 0.2) is 35.5 Å². The van der Waals surface area contributed by atoms with E-state index in [-0.39, 0.29) is 10.8 Å². The summed E-state index contributed by atoms with van der Waals surface area (Å²) in [5.41, 5.74) is 2.60. The highest BCUT2D eigenvalue weighted by atomic mass is 32.2. The van der Waals surface area contributed by atoms with E-state index in [1.165, 1.54) is 6.20 Å². The molecule has 0 bridgehead atoms. The Morgan fingerprint density at radius 1 is 1.38 bits per heavy atom. The van der Waals surface area contributed by atoms with Crippen molar-refractivity contribution in [2.75, 3.05) is 6.54 Å². The zero-order chi connectivity index (χ0) is 17.3. The van der Waals surface area contributed by atoms with Crippen molar-refractivity contribution in [2.45, 2.75) is 32.2 Å². The standard InChI is InChI=1S/C16H21N5O2S/c1-11(10-21-13(3)7-12(2)20-21)8-19-24(22,23)15-9-18-16-14(15)5-4-6-17-16/h4-7,9,11,19H,8,10H2,1-3H3,(H,17,18)/t11-/m0/s1. The van der Waals surface area contributed by atoms with E-state index >= 15 is 0 Å². The third kappa shape index (κ3) is 3.34. The first-order valence-corrected chi connectivity index (χ1v) is 9.28. The van der Waals surface area contributed by atoms with Crippen LogP contribution in [0.4, 0.5) is 0 Å². The number of fused-ring (bicyclic) bond motifs is 1. The van der Waals surface area contributed by atoms with E-state index in [2.05, 4.69) is 19.8 Å². The minimum absolute atomic E-state index is 0.112. The molecule has 2 N–H and O–H groups in total. The van der Waals surface area contributed by atoms with Gasteiger partial charge in [-0.05, 0) is 38.0 Å². The topological polar surface area (TPSA) is 92.7 Å². The molecule has 3 rings (SSSR count). The van der Waals surface area contributed by atoms with Crippen LogP contribution < -0.4 is 4.72 Å². The van der Waals surface area contributed by atoms with Crippen LogP contribution in [0.25, 0.3) is 11.0 Å². The van der Waals surface area contributed by atoms with Gasteiger partial charge in [0.1, 0.15) is 10.5 Å². The van der Waals surface area contributed by atoms with E-state index in [9.17, 15) is 8.42 Å². The minimum atomic E-state index is -3.59. The lowest BCUT2D eigenvalue weighted by Crippen LogP contribution is -2.30. The molecular weight excluding hydrogens is 326 g/mol. The van der Waals surface area contributed by atoms with E-state index < -0.39 is 10.0 Å². The van der Waals surface area contributed by atoms with Gasteiger partial charge in [0.05, 0.1) is 5.69 Å². The SMILES string of the molecule is Cc1cc(C)n(C[C@@H](C)CNS(=O)(=O)c2c[nH]c3ncccc23)n1. The summed E-state index contributed by atoms with van der Waals surface area (Å²) in [4.78, 5) is 7.23. The van der Waals surface area contributed by atoms with E-state index in [0.29, 0.717) is 24.1 Å². The van der Waals surface area contributed by atoms with Crippen molar-refractivity contribution < 1.29 is 8.42 Å². The Balaban J connectivity index is 1.70. The molecule has 0 fully saturated rings. The lowest BCUT2D eigenvalue weighted by atomic mass is 10.2. The van der Waals surface area contributed by atoms with Gasteiger partial charge in [0, 0.05) is 36.6 Å². The maximum atomic E-state index is 12.6. The summed E-state index contributed by atoms with van der Waals surface area (Å²) in [6.45, 7) is 6.94. The average Bonchev–Trinajstić information content (AvgIpc) is 3.09. The number of hydrogen-bond donors (Lipinski definition) is 2. The summed E-state index contributed by atoms with van der Waals surface area (Å²) in [5, 5.41) is 5.01. The van der Waals surface area contributed by atoms with Gasteiger partial charge in [-0.25, -0.2) is 18.1 Å². The molecule has 0 amide bonds. The molecule has 0 radical (unpaired) electrons. The molecule has 3 heterocycles. The Morgan fingerprint density at radius 2 is 2.17 bits per heavy atom. The number of hydrogen-bond acceptors (Lipinski definition) is 4. The second-order valence-electron chi connectivity index (χ2n) is 6.12.